The molecule has 2 aromatic carbocycles. The third kappa shape index (κ3) is 2.33. The first-order valence-corrected chi connectivity index (χ1v) is 6.99. The van der Waals surface area contributed by atoms with Crippen LogP contribution in [0.5, 0.6) is 11.5 Å². The Kier molecular flexibility index (Phi) is 3.59. The van der Waals surface area contributed by atoms with E-state index in [-0.39, 0.29) is 5.91 Å². The van der Waals surface area contributed by atoms with Crippen molar-refractivity contribution in [1.82, 2.24) is 0 Å². The first-order valence-electron chi connectivity index (χ1n) is 6.99. The number of carbonyl (C=O) groups excluding carboxylic acids is 1. The maximum absolute atomic E-state index is 12.3. The average Bonchev–Trinajstić information content (AvgIpc) is 2.84. The molecule has 0 aliphatic carbocycles. The van der Waals surface area contributed by atoms with Gasteiger partial charge in [-0.3, -0.25) is 4.79 Å². The molecule has 0 fully saturated rings. The van der Waals surface area contributed by atoms with E-state index in [0.717, 1.165) is 28.1 Å². The number of ether oxygens (including phenoxy) is 2. The van der Waals surface area contributed by atoms with Crippen molar-refractivity contribution >= 4 is 23.2 Å². The van der Waals surface area contributed by atoms with E-state index in [1.54, 1.807) is 14.2 Å². The van der Waals surface area contributed by atoms with Gasteiger partial charge in [0.15, 0.2) is 0 Å². The maximum atomic E-state index is 12.3. The maximum Gasteiger partial charge on any atom is 0.256 e. The lowest BCUT2D eigenvalue weighted by molar-refractivity contribution is -0.110. The van der Waals surface area contributed by atoms with Crippen molar-refractivity contribution in [2.45, 2.75) is 6.92 Å². The van der Waals surface area contributed by atoms with Crippen LogP contribution >= 0.6 is 0 Å². The van der Waals surface area contributed by atoms with Crippen LogP contribution in [-0.2, 0) is 4.79 Å². The van der Waals surface area contributed by atoms with E-state index in [2.05, 4.69) is 5.32 Å². The number of benzene rings is 2. The van der Waals surface area contributed by atoms with Crippen LogP contribution in [0.2, 0.25) is 0 Å². The molecule has 1 amide bonds. The van der Waals surface area contributed by atoms with Crippen molar-refractivity contribution in [3.63, 3.8) is 0 Å². The summed E-state index contributed by atoms with van der Waals surface area (Å²) < 4.78 is 10.6. The molecule has 1 aliphatic heterocycles. The fourth-order valence-electron chi connectivity index (χ4n) is 2.68. The molecule has 0 saturated carbocycles. The fourth-order valence-corrected chi connectivity index (χ4v) is 2.68. The van der Waals surface area contributed by atoms with Crippen molar-refractivity contribution in [3.8, 4) is 11.5 Å². The van der Waals surface area contributed by atoms with Crippen LogP contribution in [0.3, 0.4) is 0 Å². The number of carbonyl (C=O) groups is 1. The predicted octanol–water partition coefficient (Wildman–Crippen LogP) is 3.50. The Morgan fingerprint density at radius 1 is 1.09 bits per heavy atom. The van der Waals surface area contributed by atoms with E-state index in [1.165, 1.54) is 0 Å². The highest BCUT2D eigenvalue weighted by molar-refractivity contribution is 6.35. The Morgan fingerprint density at radius 3 is 2.64 bits per heavy atom. The number of hydrogen-bond acceptors (Lipinski definition) is 3. The smallest absolute Gasteiger partial charge is 0.256 e. The van der Waals surface area contributed by atoms with Crippen LogP contribution in [-0.4, -0.2) is 20.1 Å². The Morgan fingerprint density at radius 2 is 1.91 bits per heavy atom. The van der Waals surface area contributed by atoms with E-state index in [9.17, 15) is 4.79 Å². The van der Waals surface area contributed by atoms with Crippen LogP contribution in [0.25, 0.3) is 11.6 Å². The van der Waals surface area contributed by atoms with E-state index < -0.39 is 0 Å². The van der Waals surface area contributed by atoms with E-state index in [1.807, 2.05) is 49.4 Å². The van der Waals surface area contributed by atoms with E-state index in [4.69, 9.17) is 9.47 Å². The number of methoxy groups -OCH3 is 2. The number of aryl methyl sites for hydroxylation is 1. The van der Waals surface area contributed by atoms with Gasteiger partial charge in [-0.2, -0.15) is 0 Å². The topological polar surface area (TPSA) is 47.6 Å². The molecule has 22 heavy (non-hydrogen) atoms. The Labute approximate surface area is 129 Å². The van der Waals surface area contributed by atoms with Crippen molar-refractivity contribution in [3.05, 3.63) is 53.1 Å². The van der Waals surface area contributed by atoms with Crippen LogP contribution < -0.4 is 14.8 Å². The molecule has 3 rings (SSSR count). The van der Waals surface area contributed by atoms with Crippen molar-refractivity contribution in [2.24, 2.45) is 0 Å². The quantitative estimate of drug-likeness (QED) is 0.882. The summed E-state index contributed by atoms with van der Waals surface area (Å²) in [5, 5.41) is 2.90. The zero-order valence-corrected chi connectivity index (χ0v) is 12.8. The largest absolute Gasteiger partial charge is 0.497 e. The highest BCUT2D eigenvalue weighted by atomic mass is 16.5. The molecule has 1 aliphatic rings. The minimum Gasteiger partial charge on any atom is -0.497 e. The molecule has 0 unspecified atom stereocenters. The SMILES string of the molecule is COc1ccc(OC)c(/C=C2\C(=O)Nc3cccc(C)c32)c1. The first-order chi connectivity index (χ1) is 10.6. The highest BCUT2D eigenvalue weighted by Crippen LogP contribution is 2.37. The van der Waals surface area contributed by atoms with Crippen LogP contribution in [0.4, 0.5) is 5.69 Å². The predicted molar refractivity (Wildman–Crippen MR) is 87.2 cm³/mol. The normalized spacial score (nSPS) is 14.7. The highest BCUT2D eigenvalue weighted by Gasteiger charge is 2.25. The molecule has 1 N–H and O–H groups in total. The zero-order chi connectivity index (χ0) is 15.7. The second-order valence-electron chi connectivity index (χ2n) is 5.12. The van der Waals surface area contributed by atoms with Crippen molar-refractivity contribution in [2.75, 3.05) is 19.5 Å². The summed E-state index contributed by atoms with van der Waals surface area (Å²) in [7, 11) is 3.22. The molecular formula is C18H17NO3. The Hall–Kier alpha value is -2.75. The summed E-state index contributed by atoms with van der Waals surface area (Å²) in [5.41, 5.74) is 4.29. The van der Waals surface area contributed by atoms with Gasteiger partial charge in [-0.05, 0) is 42.8 Å². The van der Waals surface area contributed by atoms with Crippen molar-refractivity contribution in [1.29, 1.82) is 0 Å². The van der Waals surface area contributed by atoms with Gasteiger partial charge in [-0.15, -0.1) is 0 Å². The lowest BCUT2D eigenvalue weighted by atomic mass is 9.99. The molecular weight excluding hydrogens is 278 g/mol. The first kappa shape index (κ1) is 14.2. The molecule has 0 bridgehead atoms. The second-order valence-corrected chi connectivity index (χ2v) is 5.12. The van der Waals surface area contributed by atoms with Crippen molar-refractivity contribution < 1.29 is 14.3 Å². The molecule has 0 spiro atoms. The standard InChI is InChI=1S/C18H17NO3/c1-11-5-4-6-15-17(11)14(18(20)19-15)10-12-9-13(21-2)7-8-16(12)22-3/h4-10H,1-3H3,(H,19,20)/b14-10-. The average molecular weight is 295 g/mol. The summed E-state index contributed by atoms with van der Waals surface area (Å²) >= 11 is 0. The zero-order valence-electron chi connectivity index (χ0n) is 12.8. The second kappa shape index (κ2) is 5.56. The number of nitrogens with one attached hydrogen (secondary N) is 1. The molecule has 0 aromatic heterocycles. The van der Waals surface area contributed by atoms with Gasteiger partial charge in [0.2, 0.25) is 0 Å². The summed E-state index contributed by atoms with van der Waals surface area (Å²) in [6.45, 7) is 2.00. The lowest BCUT2D eigenvalue weighted by Crippen LogP contribution is -2.03. The van der Waals surface area contributed by atoms with Gasteiger partial charge in [0.05, 0.1) is 14.2 Å². The number of rotatable bonds is 3. The lowest BCUT2D eigenvalue weighted by Gasteiger charge is -2.08. The van der Waals surface area contributed by atoms with Gasteiger partial charge in [0.1, 0.15) is 11.5 Å². The summed E-state index contributed by atoms with van der Waals surface area (Å²) in [5.74, 6) is 1.31. The van der Waals surface area contributed by atoms with Gasteiger partial charge < -0.3 is 14.8 Å². The molecule has 0 radical (unpaired) electrons. The molecule has 4 heteroatoms. The number of amides is 1. The van der Waals surface area contributed by atoms with Crippen LogP contribution in [0, 0.1) is 6.92 Å². The monoisotopic (exact) mass is 295 g/mol. The molecule has 0 atom stereocenters. The van der Waals surface area contributed by atoms with E-state index in [0.29, 0.717) is 11.3 Å². The fraction of sp³-hybridized carbons (Fsp3) is 0.167. The van der Waals surface area contributed by atoms with Gasteiger partial charge in [0.25, 0.3) is 5.91 Å². The summed E-state index contributed by atoms with van der Waals surface area (Å²) in [6, 6.07) is 11.4. The molecule has 4 nitrogen and oxygen atoms in total. The number of hydrogen-bond donors (Lipinski definition) is 1. The van der Waals surface area contributed by atoms with Gasteiger partial charge in [-0.25, -0.2) is 0 Å². The van der Waals surface area contributed by atoms with Gasteiger partial charge in [-0.1, -0.05) is 12.1 Å². The van der Waals surface area contributed by atoms with Crippen LogP contribution in [0.15, 0.2) is 36.4 Å². The molecule has 2 aromatic rings. The Bertz CT molecular complexity index is 778. The molecule has 0 saturated heterocycles. The third-order valence-electron chi connectivity index (χ3n) is 3.77. The number of fused-ring (bicyclic) bond motifs is 1. The molecule has 1 heterocycles. The van der Waals surface area contributed by atoms with Gasteiger partial charge in [0, 0.05) is 22.4 Å². The minimum absolute atomic E-state index is 0.103. The summed E-state index contributed by atoms with van der Waals surface area (Å²) in [4.78, 5) is 12.3. The van der Waals surface area contributed by atoms with E-state index >= 15 is 0 Å². The summed E-state index contributed by atoms with van der Waals surface area (Å²) in [6.07, 6.45) is 1.84. The minimum atomic E-state index is -0.103. The number of anilines is 1. The van der Waals surface area contributed by atoms with Gasteiger partial charge >= 0.3 is 0 Å². The Balaban J connectivity index is 2.16. The van der Waals surface area contributed by atoms with Crippen LogP contribution in [0.1, 0.15) is 16.7 Å². The third-order valence-corrected chi connectivity index (χ3v) is 3.77. The molecule has 112 valence electrons.